The molecule has 103 heavy (non-hydrogen) atoms. The van der Waals surface area contributed by atoms with Gasteiger partial charge in [0.25, 0.3) is 11.8 Å². The molecule has 12 atom stereocenters. The van der Waals surface area contributed by atoms with E-state index >= 15 is 0 Å². The molecule has 7 N–H and O–H groups in total. The molecule has 4 rings (SSSR count). The second-order valence-electron chi connectivity index (χ2n) is 27.7. The lowest BCUT2D eigenvalue weighted by Crippen LogP contribution is -2.53. The van der Waals surface area contributed by atoms with Gasteiger partial charge in [-0.2, -0.15) is 0 Å². The zero-order chi connectivity index (χ0) is 77.7. The SMILES string of the molecule is C.CC.CCC.CC[C@H](C)C([C@@H](CCN1CCC[C@@H]1[C@H](OC)[C@@H](C)C(=O)C[C@H](C)[C@@H](O)c1ccccc1)OC)N(C)C(=O)C(CC(=O)[C@H](C(C)C)N(C)C(=O)OCc1ccc(NC(=O)[C@H](CCCNC(N)=O)CC(=O)[C@@H](NC(=O)CCCCCN2C(=O)C(Br)=C(Br)C2=O)C(C)C)cc1)C(C)C.CO. The van der Waals surface area contributed by atoms with Gasteiger partial charge in [-0.25, -0.2) is 9.59 Å². The first kappa shape index (κ1) is 97.0. The van der Waals surface area contributed by atoms with Crippen LogP contribution >= 0.6 is 31.9 Å². The average molecular weight is 1580 g/mol. The highest BCUT2D eigenvalue weighted by Crippen LogP contribution is 2.34. The van der Waals surface area contributed by atoms with Gasteiger partial charge in [-0.15, -0.1) is 0 Å². The van der Waals surface area contributed by atoms with E-state index in [2.05, 4.69) is 80.4 Å². The molecule has 0 radical (unpaired) electrons. The van der Waals surface area contributed by atoms with Crippen LogP contribution in [-0.4, -0.2) is 187 Å². The standard InChI is InChI=1S/C71H108Br2N8O14.C3H8.C2H6.CH4O.CH4/c1-15-45(8)63(57(93-13)33-37-80-35-23-27-53(80)65(94-14)47(10)54(82)38-46(9)64(86)49-24-18-16-19-25-49)78(11)67(88)52(42(2)3)40-56(84)62(44(6)7)79(12)71(92)95-41-48-29-31-51(32-30-48)76-66(87)50(26-22-34-75-70(74)91)39-55(83)61(43(4)5)77-58(85)28-20-17-21-36-81-68(89)59(72)60(73)69(81)90;1-3-2;2*1-2;/h16,18-19,24-25,29-32,42-47,50,52-53,57,61-65,86H,15,17,20-23,26-28,33-41H2,1-14H3,(H,76,87)(H,77,85)(H3,74,75,91);3H2,1-2H3;1-2H3;2H,1H3;1H4/t45-,46-,47-,50+,52?,53+,57+,61-,62-,63?,64+,65+;;;;/m0..../s1. The molecule has 2 heterocycles. The number of imide groups is 1. The van der Waals surface area contributed by atoms with Crippen molar-refractivity contribution in [2.75, 3.05) is 66.9 Å². The van der Waals surface area contributed by atoms with Crippen LogP contribution in [0, 0.1) is 47.3 Å². The first-order valence-corrected chi connectivity index (χ1v) is 38.3. The molecule has 2 aliphatic rings. The number of methoxy groups -OCH3 is 2. The maximum absolute atomic E-state index is 14.9. The number of aliphatic hydroxyl groups is 2. The van der Waals surface area contributed by atoms with E-state index in [1.54, 1.807) is 64.3 Å². The second-order valence-corrected chi connectivity index (χ2v) is 29.3. The number of benzene rings is 2. The van der Waals surface area contributed by atoms with Crippen LogP contribution in [0.15, 0.2) is 63.6 Å². The fourth-order valence-electron chi connectivity index (χ4n) is 13.2. The number of ketones is 3. The maximum Gasteiger partial charge on any atom is 0.410 e. The number of likely N-dealkylation sites (N-methyl/N-ethyl adjacent to an activating group) is 2. The molecule has 0 bridgehead atoms. The number of primary amides is 1. The smallest absolute Gasteiger partial charge is 0.410 e. The Kier molecular flexibility index (Phi) is 48.3. The van der Waals surface area contributed by atoms with E-state index < -0.39 is 65.8 Å². The van der Waals surface area contributed by atoms with Crippen molar-refractivity contribution in [3.63, 3.8) is 0 Å². The minimum atomic E-state index is -0.921. The number of nitrogens with one attached hydrogen (secondary N) is 3. The van der Waals surface area contributed by atoms with Crippen LogP contribution in [0.5, 0.6) is 0 Å². The third-order valence-electron chi connectivity index (χ3n) is 19.0. The normalized spacial score (nSPS) is 16.8. The Morgan fingerprint density at radius 2 is 1.30 bits per heavy atom. The van der Waals surface area contributed by atoms with Gasteiger partial charge in [0.2, 0.25) is 17.7 Å². The minimum Gasteiger partial charge on any atom is -0.445 e. The summed E-state index contributed by atoms with van der Waals surface area (Å²) < 4.78 is 18.5. The van der Waals surface area contributed by atoms with E-state index in [-0.39, 0.29) is 151 Å². The molecule has 0 saturated carbocycles. The number of hydrogen-bond acceptors (Lipinski definition) is 16. The molecule has 25 heteroatoms. The lowest BCUT2D eigenvalue weighted by molar-refractivity contribution is -0.145. The summed E-state index contributed by atoms with van der Waals surface area (Å²) in [6, 6.07) is 13.1. The number of rotatable bonds is 42. The molecular weight excluding hydrogens is 1450 g/mol. The van der Waals surface area contributed by atoms with Gasteiger partial charge in [-0.05, 0) is 136 Å². The summed E-state index contributed by atoms with van der Waals surface area (Å²) in [5.41, 5.74) is 7.03. The van der Waals surface area contributed by atoms with Crippen molar-refractivity contribution in [3.05, 3.63) is 74.7 Å². The number of aliphatic hydroxyl groups excluding tert-OH is 2. The van der Waals surface area contributed by atoms with Crippen LogP contribution in [0.2, 0.25) is 0 Å². The van der Waals surface area contributed by atoms with Gasteiger partial charge in [0, 0.05) is 110 Å². The highest BCUT2D eigenvalue weighted by molar-refractivity contribution is 9.14. The third-order valence-corrected chi connectivity index (χ3v) is 21.0. The highest BCUT2D eigenvalue weighted by atomic mass is 79.9. The van der Waals surface area contributed by atoms with Gasteiger partial charge in [0.15, 0.2) is 11.6 Å². The molecule has 23 nitrogen and oxygen atoms in total. The van der Waals surface area contributed by atoms with E-state index in [9.17, 15) is 53.1 Å². The molecule has 2 aromatic carbocycles. The molecule has 586 valence electrons. The van der Waals surface area contributed by atoms with Crippen molar-refractivity contribution in [1.82, 2.24) is 30.2 Å². The molecule has 0 aromatic heterocycles. The van der Waals surface area contributed by atoms with E-state index in [1.807, 2.05) is 85.7 Å². The van der Waals surface area contributed by atoms with Crippen molar-refractivity contribution in [1.29, 1.82) is 0 Å². The predicted octanol–water partition coefficient (Wildman–Crippen LogP) is 13.0. The van der Waals surface area contributed by atoms with Gasteiger partial charge in [-0.3, -0.25) is 48.2 Å². The average Bonchev–Trinajstić information content (AvgIpc) is 1.81. The predicted molar refractivity (Wildman–Crippen MR) is 415 cm³/mol. The number of amides is 8. The van der Waals surface area contributed by atoms with Crippen LogP contribution in [0.25, 0.3) is 0 Å². The number of urea groups is 1. The second kappa shape index (κ2) is 51.3. The molecule has 0 spiro atoms. The number of Topliss-reactive ketones (excluding diaryl/α,β-unsaturated/α-hetero) is 3. The molecular formula is C78H130Br2N8O15. The van der Waals surface area contributed by atoms with Gasteiger partial charge in [0.1, 0.15) is 21.4 Å². The van der Waals surface area contributed by atoms with Crippen molar-refractivity contribution in [3.8, 4) is 0 Å². The Hall–Kier alpha value is -5.96. The van der Waals surface area contributed by atoms with E-state index in [4.69, 9.17) is 25.1 Å². The number of ether oxygens (including phenoxy) is 3. The Labute approximate surface area is 633 Å². The number of anilines is 1. The van der Waals surface area contributed by atoms with E-state index in [1.165, 1.54) is 18.4 Å². The first-order valence-electron chi connectivity index (χ1n) is 36.7. The number of carbonyl (C=O) groups excluding carboxylic acids is 10. The van der Waals surface area contributed by atoms with Crippen LogP contribution in [0.4, 0.5) is 15.3 Å². The molecule has 2 unspecified atom stereocenters. The number of hydrogen-bond donors (Lipinski definition) is 6. The first-order chi connectivity index (χ1) is 48.3. The number of likely N-dealkylation sites (tertiary alicyclic amines) is 1. The van der Waals surface area contributed by atoms with Crippen LogP contribution in [0.1, 0.15) is 211 Å². The Morgan fingerprint density at radius 1 is 0.709 bits per heavy atom. The number of unbranched alkanes of at least 4 members (excludes halogenated alkanes) is 2. The Balaban J connectivity index is 0.0000125. The van der Waals surface area contributed by atoms with Crippen molar-refractivity contribution < 1.29 is 72.4 Å². The van der Waals surface area contributed by atoms with Gasteiger partial charge >= 0.3 is 12.1 Å². The lowest BCUT2D eigenvalue weighted by Gasteiger charge is -2.41. The van der Waals surface area contributed by atoms with Gasteiger partial charge in [-0.1, -0.05) is 166 Å². The topological polar surface area (TPSA) is 314 Å². The zero-order valence-electron chi connectivity index (χ0n) is 64.6. The van der Waals surface area contributed by atoms with E-state index in [0.717, 1.165) is 43.4 Å². The van der Waals surface area contributed by atoms with Gasteiger partial charge < -0.3 is 55.9 Å². The van der Waals surface area contributed by atoms with E-state index in [0.29, 0.717) is 49.9 Å². The minimum absolute atomic E-state index is 0. The molecule has 0 aliphatic carbocycles. The monoisotopic (exact) mass is 1580 g/mol. The summed E-state index contributed by atoms with van der Waals surface area (Å²) >= 11 is 6.23. The van der Waals surface area contributed by atoms with Crippen LogP contribution in [-0.2, 0) is 59.2 Å². The largest absolute Gasteiger partial charge is 0.445 e. The lowest BCUT2D eigenvalue weighted by atomic mass is 9.83. The Morgan fingerprint density at radius 3 is 1.83 bits per heavy atom. The fourth-order valence-corrected chi connectivity index (χ4v) is 14.0. The van der Waals surface area contributed by atoms with Crippen molar-refractivity contribution in [2.45, 2.75) is 243 Å². The molecule has 8 amide bonds. The summed E-state index contributed by atoms with van der Waals surface area (Å²) in [6.45, 7) is 29.0. The zero-order valence-corrected chi connectivity index (χ0v) is 67.8. The fraction of sp³-hybridized carbons (Fsp3) is 0.692. The third kappa shape index (κ3) is 31.2. The van der Waals surface area contributed by atoms with Crippen molar-refractivity contribution in [2.24, 2.45) is 53.1 Å². The molecule has 2 aromatic rings. The summed E-state index contributed by atoms with van der Waals surface area (Å²) in [4.78, 5) is 141. The van der Waals surface area contributed by atoms with Crippen LogP contribution in [0.3, 0.4) is 0 Å². The number of halogens is 2. The summed E-state index contributed by atoms with van der Waals surface area (Å²) in [5.74, 6) is -5.56. The highest BCUT2D eigenvalue weighted by Gasteiger charge is 2.43. The molecule has 2 aliphatic heterocycles. The maximum atomic E-state index is 14.9. The summed E-state index contributed by atoms with van der Waals surface area (Å²) in [6.07, 6.45) is 4.18. The summed E-state index contributed by atoms with van der Waals surface area (Å²) in [7, 11) is 7.62. The quantitative estimate of drug-likeness (QED) is 0.0266. The van der Waals surface area contributed by atoms with Crippen LogP contribution < -0.4 is 21.7 Å². The number of nitrogens with two attached hydrogens (primary N) is 1. The summed E-state index contributed by atoms with van der Waals surface area (Å²) in [5, 5.41) is 26.3. The van der Waals surface area contributed by atoms with Gasteiger partial charge in [0.05, 0.1) is 36.4 Å². The number of nitrogens with zero attached hydrogens (tertiary/aromatic N) is 4. The molecule has 1 saturated heterocycles. The number of carbonyl (C=O) groups is 10. The molecule has 1 fully saturated rings. The Bertz CT molecular complexity index is 2910. The van der Waals surface area contributed by atoms with Crippen molar-refractivity contribution >= 4 is 96.6 Å².